The number of nitrogens with one attached hydrogen (secondary N) is 1. The first-order valence-corrected chi connectivity index (χ1v) is 5.08. The van der Waals surface area contributed by atoms with Crippen molar-refractivity contribution >= 4 is 11.8 Å². The van der Waals surface area contributed by atoms with Gasteiger partial charge in [-0.2, -0.15) is 0 Å². The molecule has 1 saturated heterocycles. The van der Waals surface area contributed by atoms with Crippen LogP contribution in [0.4, 0.5) is 0 Å². The van der Waals surface area contributed by atoms with Gasteiger partial charge < -0.3 is 4.74 Å². The molecule has 1 N–H and O–H groups in total. The summed E-state index contributed by atoms with van der Waals surface area (Å²) >= 11 is 1.99. The number of rotatable bonds is 3. The molecular weight excluding hydrogens is 158 g/mol. The second-order valence-corrected chi connectivity index (χ2v) is 4.68. The molecule has 11 heavy (non-hydrogen) atoms. The topological polar surface area (TPSA) is 21.3 Å². The van der Waals surface area contributed by atoms with Gasteiger partial charge in [-0.3, -0.25) is 5.32 Å². The van der Waals surface area contributed by atoms with Crippen molar-refractivity contribution in [3.63, 3.8) is 0 Å². The molecule has 1 atom stereocenters. The Labute approximate surface area is 73.1 Å². The molecule has 0 aromatic rings. The highest BCUT2D eigenvalue weighted by Gasteiger charge is 2.37. The summed E-state index contributed by atoms with van der Waals surface area (Å²) in [4.78, 5) is 0.189. The molecule has 66 valence electrons. The van der Waals surface area contributed by atoms with Crippen molar-refractivity contribution in [2.45, 2.75) is 18.7 Å². The van der Waals surface area contributed by atoms with Crippen molar-refractivity contribution in [3.8, 4) is 0 Å². The number of methoxy groups -OCH3 is 1. The van der Waals surface area contributed by atoms with E-state index < -0.39 is 0 Å². The minimum Gasteiger partial charge on any atom is -0.382 e. The van der Waals surface area contributed by atoms with E-state index >= 15 is 0 Å². The quantitative estimate of drug-likeness (QED) is 0.699. The summed E-state index contributed by atoms with van der Waals surface area (Å²) in [5.74, 6) is 1.84. The van der Waals surface area contributed by atoms with E-state index in [1.165, 1.54) is 5.75 Å². The summed E-state index contributed by atoms with van der Waals surface area (Å²) in [5, 5.41) is 3.51. The first-order chi connectivity index (χ1) is 5.21. The lowest BCUT2D eigenvalue weighted by Gasteiger charge is -2.31. The molecule has 0 aliphatic carbocycles. The van der Waals surface area contributed by atoms with Crippen LogP contribution in [-0.2, 0) is 4.74 Å². The third-order valence-corrected chi connectivity index (χ3v) is 3.83. The van der Waals surface area contributed by atoms with Gasteiger partial charge in [0.05, 0.1) is 11.5 Å². The van der Waals surface area contributed by atoms with Crippen LogP contribution < -0.4 is 5.32 Å². The van der Waals surface area contributed by atoms with Gasteiger partial charge in [0, 0.05) is 19.4 Å². The Morgan fingerprint density at radius 1 is 1.64 bits per heavy atom. The summed E-state index contributed by atoms with van der Waals surface area (Å²) in [7, 11) is 1.77. The van der Waals surface area contributed by atoms with Crippen molar-refractivity contribution in [1.29, 1.82) is 0 Å². The fraction of sp³-hybridized carbons (Fsp3) is 1.00. The van der Waals surface area contributed by atoms with Crippen molar-refractivity contribution in [2.75, 3.05) is 26.0 Å². The van der Waals surface area contributed by atoms with Crippen LogP contribution in [0.5, 0.6) is 0 Å². The molecule has 0 radical (unpaired) electrons. The lowest BCUT2D eigenvalue weighted by molar-refractivity contribution is 0.136. The molecule has 3 heteroatoms. The van der Waals surface area contributed by atoms with Crippen LogP contribution in [0, 0.1) is 5.92 Å². The van der Waals surface area contributed by atoms with Gasteiger partial charge in [0.25, 0.3) is 0 Å². The van der Waals surface area contributed by atoms with Gasteiger partial charge in [-0.1, -0.05) is 13.8 Å². The van der Waals surface area contributed by atoms with Gasteiger partial charge in [0.15, 0.2) is 0 Å². The van der Waals surface area contributed by atoms with Crippen LogP contribution in [-0.4, -0.2) is 30.9 Å². The third-order valence-electron chi connectivity index (χ3n) is 2.18. The van der Waals surface area contributed by atoms with Crippen LogP contribution in [0.15, 0.2) is 0 Å². The fourth-order valence-electron chi connectivity index (χ4n) is 1.39. The monoisotopic (exact) mass is 175 g/mol. The van der Waals surface area contributed by atoms with Gasteiger partial charge in [-0.15, -0.1) is 11.8 Å². The molecule has 0 spiro atoms. The van der Waals surface area contributed by atoms with E-state index in [-0.39, 0.29) is 4.87 Å². The standard InChI is InChI=1S/C8H17NOS/c1-7(2)8(6-10-3)9-4-5-11-8/h7,9H,4-6H2,1-3H3. The largest absolute Gasteiger partial charge is 0.382 e. The van der Waals surface area contributed by atoms with Gasteiger partial charge >= 0.3 is 0 Å². The molecule has 1 unspecified atom stereocenters. The Balaban J connectivity index is 2.55. The summed E-state index contributed by atoms with van der Waals surface area (Å²) < 4.78 is 5.21. The minimum atomic E-state index is 0.189. The highest BCUT2D eigenvalue weighted by Crippen LogP contribution is 2.34. The van der Waals surface area contributed by atoms with Gasteiger partial charge in [0.1, 0.15) is 0 Å². The summed E-state index contributed by atoms with van der Waals surface area (Å²) in [6, 6.07) is 0. The lowest BCUT2D eigenvalue weighted by atomic mass is 10.0. The second-order valence-electron chi connectivity index (χ2n) is 3.25. The average molecular weight is 175 g/mol. The van der Waals surface area contributed by atoms with E-state index in [2.05, 4.69) is 19.2 Å². The molecule has 0 aromatic carbocycles. The molecule has 0 amide bonds. The summed E-state index contributed by atoms with van der Waals surface area (Å²) in [6.07, 6.45) is 0. The number of hydrogen-bond acceptors (Lipinski definition) is 3. The highest BCUT2D eigenvalue weighted by molar-refractivity contribution is 8.00. The molecule has 0 aromatic heterocycles. The van der Waals surface area contributed by atoms with Crippen molar-refractivity contribution in [3.05, 3.63) is 0 Å². The molecule has 2 nitrogen and oxygen atoms in total. The van der Waals surface area contributed by atoms with Gasteiger partial charge in [-0.05, 0) is 5.92 Å². The van der Waals surface area contributed by atoms with Crippen molar-refractivity contribution in [1.82, 2.24) is 5.32 Å². The van der Waals surface area contributed by atoms with E-state index in [0.717, 1.165) is 13.2 Å². The Morgan fingerprint density at radius 3 is 2.73 bits per heavy atom. The molecule has 1 heterocycles. The normalized spacial score (nSPS) is 31.6. The maximum absolute atomic E-state index is 5.21. The zero-order valence-corrected chi connectivity index (χ0v) is 8.33. The second kappa shape index (κ2) is 3.78. The van der Waals surface area contributed by atoms with E-state index in [1.54, 1.807) is 7.11 Å². The Kier molecular flexibility index (Phi) is 3.22. The SMILES string of the molecule is COCC1(C(C)C)NCCS1. The maximum Gasteiger partial charge on any atom is 0.0905 e. The molecular formula is C8H17NOS. The fourth-order valence-corrected chi connectivity index (χ4v) is 2.70. The first kappa shape index (κ1) is 9.36. The predicted molar refractivity (Wildman–Crippen MR) is 49.9 cm³/mol. The van der Waals surface area contributed by atoms with Crippen molar-refractivity contribution in [2.24, 2.45) is 5.92 Å². The molecule has 1 rings (SSSR count). The summed E-state index contributed by atoms with van der Waals surface area (Å²) in [6.45, 7) is 6.41. The predicted octanol–water partition coefficient (Wildman–Crippen LogP) is 1.32. The number of thioether (sulfide) groups is 1. The zero-order chi connectivity index (χ0) is 8.32. The van der Waals surface area contributed by atoms with Crippen LogP contribution in [0.2, 0.25) is 0 Å². The summed E-state index contributed by atoms with van der Waals surface area (Å²) in [5.41, 5.74) is 0. The van der Waals surface area contributed by atoms with Crippen LogP contribution >= 0.6 is 11.8 Å². The minimum absolute atomic E-state index is 0.189. The van der Waals surface area contributed by atoms with E-state index in [1.807, 2.05) is 11.8 Å². The molecule has 1 fully saturated rings. The Bertz CT molecular complexity index is 121. The van der Waals surface area contributed by atoms with E-state index in [9.17, 15) is 0 Å². The first-order valence-electron chi connectivity index (χ1n) is 4.09. The van der Waals surface area contributed by atoms with E-state index in [0.29, 0.717) is 5.92 Å². The third kappa shape index (κ3) is 1.89. The van der Waals surface area contributed by atoms with Crippen LogP contribution in [0.25, 0.3) is 0 Å². The molecule has 0 saturated carbocycles. The van der Waals surface area contributed by atoms with Crippen LogP contribution in [0.3, 0.4) is 0 Å². The smallest absolute Gasteiger partial charge is 0.0905 e. The number of hydrogen-bond donors (Lipinski definition) is 1. The molecule has 1 aliphatic rings. The molecule has 1 aliphatic heterocycles. The maximum atomic E-state index is 5.21. The molecule has 0 bridgehead atoms. The average Bonchev–Trinajstić information content (AvgIpc) is 2.38. The van der Waals surface area contributed by atoms with E-state index in [4.69, 9.17) is 4.74 Å². The van der Waals surface area contributed by atoms with Crippen LogP contribution in [0.1, 0.15) is 13.8 Å². The lowest BCUT2D eigenvalue weighted by Crippen LogP contribution is -2.46. The van der Waals surface area contributed by atoms with Gasteiger partial charge in [-0.25, -0.2) is 0 Å². The van der Waals surface area contributed by atoms with Crippen molar-refractivity contribution < 1.29 is 4.74 Å². The Morgan fingerprint density at radius 2 is 2.36 bits per heavy atom. The highest BCUT2D eigenvalue weighted by atomic mass is 32.2. The zero-order valence-electron chi connectivity index (χ0n) is 7.52. The Hall–Kier alpha value is 0.270. The van der Waals surface area contributed by atoms with Gasteiger partial charge in [0.2, 0.25) is 0 Å². The number of ether oxygens (including phenoxy) is 1.